The van der Waals surface area contributed by atoms with Gasteiger partial charge in [-0.15, -0.1) is 0 Å². The van der Waals surface area contributed by atoms with Crippen LogP contribution in [0.3, 0.4) is 0 Å². The second kappa shape index (κ2) is 7.10. The van der Waals surface area contributed by atoms with Crippen LogP contribution in [-0.2, 0) is 4.79 Å². The molecule has 0 radical (unpaired) electrons. The van der Waals surface area contributed by atoms with Gasteiger partial charge in [0.1, 0.15) is 16.5 Å². The van der Waals surface area contributed by atoms with Crippen molar-refractivity contribution in [2.75, 3.05) is 14.2 Å². The lowest BCUT2D eigenvalue weighted by atomic mass is 10.1. The smallest absolute Gasteiger partial charge is 0.283 e. The molecule has 2 aliphatic rings. The standard InChI is InChI=1S/C17H18N4O3S/c1-4-5-14-20-21-15(18)12(16(22)19-17(21)25-14)9-10-8-11(23-2)6-7-13(10)24-3/h6-9,18H,4-5H2,1-3H3. The van der Waals surface area contributed by atoms with Crippen molar-refractivity contribution in [2.45, 2.75) is 19.8 Å². The average Bonchev–Trinajstić information content (AvgIpc) is 3.01. The van der Waals surface area contributed by atoms with Gasteiger partial charge in [-0.3, -0.25) is 10.2 Å². The van der Waals surface area contributed by atoms with Crippen LogP contribution < -0.4 is 9.47 Å². The van der Waals surface area contributed by atoms with E-state index in [0.29, 0.717) is 22.2 Å². The topological polar surface area (TPSA) is 87.3 Å². The molecule has 0 saturated carbocycles. The summed E-state index contributed by atoms with van der Waals surface area (Å²) in [4.78, 5) is 16.5. The van der Waals surface area contributed by atoms with Crippen molar-refractivity contribution < 1.29 is 14.3 Å². The maximum Gasteiger partial charge on any atom is 0.283 e. The number of carbonyl (C=O) groups excluding carboxylic acids is 1. The molecule has 25 heavy (non-hydrogen) atoms. The molecule has 0 aromatic heterocycles. The average molecular weight is 358 g/mol. The highest BCUT2D eigenvalue weighted by atomic mass is 32.2. The lowest BCUT2D eigenvalue weighted by Crippen LogP contribution is -2.35. The van der Waals surface area contributed by atoms with Crippen molar-refractivity contribution >= 4 is 39.8 Å². The predicted molar refractivity (Wildman–Crippen MR) is 99.5 cm³/mol. The lowest BCUT2D eigenvalue weighted by Gasteiger charge is -2.20. The van der Waals surface area contributed by atoms with E-state index in [1.807, 2.05) is 0 Å². The number of hydrogen-bond acceptors (Lipinski definition) is 6. The molecule has 0 bridgehead atoms. The first kappa shape index (κ1) is 17.2. The first-order chi connectivity index (χ1) is 12.1. The van der Waals surface area contributed by atoms with Crippen LogP contribution in [0, 0.1) is 5.41 Å². The maximum absolute atomic E-state index is 12.4. The number of hydrazone groups is 1. The molecule has 0 fully saturated rings. The van der Waals surface area contributed by atoms with Gasteiger partial charge in [0.05, 0.1) is 19.8 Å². The number of rotatable bonds is 5. The number of fused-ring (bicyclic) bond motifs is 1. The molecule has 3 rings (SSSR count). The number of ether oxygens (including phenoxy) is 2. The van der Waals surface area contributed by atoms with E-state index < -0.39 is 5.91 Å². The van der Waals surface area contributed by atoms with E-state index >= 15 is 0 Å². The normalized spacial score (nSPS) is 18.2. The highest BCUT2D eigenvalue weighted by Gasteiger charge is 2.35. The highest BCUT2D eigenvalue weighted by molar-refractivity contribution is 8.26. The van der Waals surface area contributed by atoms with Gasteiger partial charge in [-0.2, -0.15) is 15.1 Å². The summed E-state index contributed by atoms with van der Waals surface area (Å²) in [7, 11) is 3.11. The van der Waals surface area contributed by atoms with Gasteiger partial charge in [0, 0.05) is 5.56 Å². The summed E-state index contributed by atoms with van der Waals surface area (Å²) in [5.74, 6) is 0.765. The van der Waals surface area contributed by atoms with Crippen molar-refractivity contribution in [3.8, 4) is 11.5 Å². The van der Waals surface area contributed by atoms with Crippen molar-refractivity contribution in [1.29, 1.82) is 5.41 Å². The Morgan fingerprint density at radius 3 is 2.80 bits per heavy atom. The number of aliphatic imine (C=N–C) groups is 1. The molecule has 0 saturated heterocycles. The Morgan fingerprint density at radius 2 is 2.12 bits per heavy atom. The van der Waals surface area contributed by atoms with Crippen molar-refractivity contribution in [3.05, 3.63) is 29.3 Å². The van der Waals surface area contributed by atoms with Gasteiger partial charge in [-0.05, 0) is 48.9 Å². The first-order valence-electron chi connectivity index (χ1n) is 7.78. The van der Waals surface area contributed by atoms with Crippen molar-refractivity contribution in [3.63, 3.8) is 0 Å². The van der Waals surface area contributed by atoms with Gasteiger partial charge in [0.25, 0.3) is 5.91 Å². The molecule has 0 atom stereocenters. The van der Waals surface area contributed by atoms with Gasteiger partial charge in [-0.25, -0.2) is 0 Å². The molecule has 1 aromatic rings. The van der Waals surface area contributed by atoms with E-state index in [9.17, 15) is 4.79 Å². The molecule has 2 heterocycles. The largest absolute Gasteiger partial charge is 0.497 e. The molecule has 8 heteroatoms. The van der Waals surface area contributed by atoms with E-state index in [-0.39, 0.29) is 11.4 Å². The minimum Gasteiger partial charge on any atom is -0.497 e. The summed E-state index contributed by atoms with van der Waals surface area (Å²) < 4.78 is 10.6. The van der Waals surface area contributed by atoms with Crippen LogP contribution in [0.25, 0.3) is 6.08 Å². The fourth-order valence-corrected chi connectivity index (χ4v) is 3.44. The first-order valence-corrected chi connectivity index (χ1v) is 8.60. The van der Waals surface area contributed by atoms with Gasteiger partial charge in [-0.1, -0.05) is 6.92 Å². The Balaban J connectivity index is 2.00. The molecule has 1 aromatic carbocycles. The summed E-state index contributed by atoms with van der Waals surface area (Å²) in [5, 5.41) is 15.5. The summed E-state index contributed by atoms with van der Waals surface area (Å²) in [6, 6.07) is 5.26. The van der Waals surface area contributed by atoms with E-state index in [2.05, 4.69) is 17.0 Å². The van der Waals surface area contributed by atoms with Crippen LogP contribution in [0.1, 0.15) is 25.3 Å². The molecule has 2 aliphatic heterocycles. The zero-order valence-corrected chi connectivity index (χ0v) is 15.0. The molecule has 0 spiro atoms. The number of carbonyl (C=O) groups is 1. The fourth-order valence-electron chi connectivity index (χ4n) is 2.45. The molecular weight excluding hydrogens is 340 g/mol. The second-order valence-corrected chi connectivity index (χ2v) is 6.41. The monoisotopic (exact) mass is 358 g/mol. The zero-order chi connectivity index (χ0) is 18.0. The Kier molecular flexibility index (Phi) is 4.89. The Morgan fingerprint density at radius 1 is 1.32 bits per heavy atom. The second-order valence-electron chi connectivity index (χ2n) is 5.37. The van der Waals surface area contributed by atoms with Crippen LogP contribution in [0.4, 0.5) is 0 Å². The van der Waals surface area contributed by atoms with Crippen LogP contribution in [-0.4, -0.2) is 41.2 Å². The van der Waals surface area contributed by atoms with E-state index in [1.165, 1.54) is 16.8 Å². The number of nitrogens with one attached hydrogen (secondary N) is 1. The Hall–Kier alpha value is -2.61. The fraction of sp³-hybridized carbons (Fsp3) is 0.294. The van der Waals surface area contributed by atoms with Crippen LogP contribution in [0.15, 0.2) is 33.9 Å². The SMILES string of the molecule is CCCC1=NN2C(=N)C(=Cc3cc(OC)ccc3OC)C(=O)N=C2S1. The lowest BCUT2D eigenvalue weighted by molar-refractivity contribution is -0.114. The maximum atomic E-state index is 12.4. The number of amidine groups is 2. The molecule has 130 valence electrons. The summed E-state index contributed by atoms with van der Waals surface area (Å²) in [6.07, 6.45) is 3.33. The minimum atomic E-state index is -0.457. The number of thioether (sulfide) groups is 1. The third kappa shape index (κ3) is 3.30. The number of methoxy groups -OCH3 is 2. The number of nitrogens with zero attached hydrogens (tertiary/aromatic N) is 3. The van der Waals surface area contributed by atoms with Crippen LogP contribution in [0.2, 0.25) is 0 Å². The Labute approximate surface area is 149 Å². The van der Waals surface area contributed by atoms with Gasteiger partial charge < -0.3 is 9.47 Å². The van der Waals surface area contributed by atoms with E-state index in [0.717, 1.165) is 17.9 Å². The summed E-state index contributed by atoms with van der Waals surface area (Å²) in [5.41, 5.74) is 0.801. The molecule has 0 unspecified atom stereocenters. The van der Waals surface area contributed by atoms with Crippen molar-refractivity contribution in [1.82, 2.24) is 5.01 Å². The van der Waals surface area contributed by atoms with E-state index in [4.69, 9.17) is 14.9 Å². The van der Waals surface area contributed by atoms with E-state index in [1.54, 1.807) is 38.5 Å². The molecule has 1 N–H and O–H groups in total. The quantitative estimate of drug-likeness (QED) is 0.817. The predicted octanol–water partition coefficient (Wildman–Crippen LogP) is 3.12. The highest BCUT2D eigenvalue weighted by Crippen LogP contribution is 2.31. The molecule has 0 aliphatic carbocycles. The van der Waals surface area contributed by atoms with Gasteiger partial charge >= 0.3 is 0 Å². The minimum absolute atomic E-state index is 0.0125. The number of amides is 1. The third-order valence-corrected chi connectivity index (χ3v) is 4.67. The van der Waals surface area contributed by atoms with Crippen LogP contribution >= 0.6 is 11.8 Å². The number of hydrogen-bond donors (Lipinski definition) is 1. The molecule has 7 nitrogen and oxygen atoms in total. The van der Waals surface area contributed by atoms with Gasteiger partial charge in [0.2, 0.25) is 5.17 Å². The zero-order valence-electron chi connectivity index (χ0n) is 14.2. The molecule has 1 amide bonds. The summed E-state index contributed by atoms with van der Waals surface area (Å²) in [6.45, 7) is 2.05. The Bertz CT molecular complexity index is 829. The number of benzene rings is 1. The van der Waals surface area contributed by atoms with Crippen LogP contribution in [0.5, 0.6) is 11.5 Å². The third-order valence-electron chi connectivity index (χ3n) is 3.70. The molecular formula is C17H18N4O3S. The van der Waals surface area contributed by atoms with Crippen molar-refractivity contribution in [2.24, 2.45) is 10.1 Å². The van der Waals surface area contributed by atoms with Gasteiger partial charge in [0.15, 0.2) is 5.84 Å². The summed E-state index contributed by atoms with van der Waals surface area (Å²) >= 11 is 1.34.